The summed E-state index contributed by atoms with van der Waals surface area (Å²) in [5.74, 6) is 0. The van der Waals surface area contributed by atoms with E-state index in [-0.39, 0.29) is 0 Å². The molecule has 1 rings (SSSR count). The number of nitrogens with zero attached hydrogens (tertiary/aromatic N) is 1. The fourth-order valence-corrected chi connectivity index (χ4v) is 1.19. The molecule has 0 aliphatic carbocycles. The van der Waals surface area contributed by atoms with Crippen molar-refractivity contribution in [2.24, 2.45) is 0 Å². The van der Waals surface area contributed by atoms with Gasteiger partial charge in [0.25, 0.3) is 0 Å². The lowest BCUT2D eigenvalue weighted by molar-refractivity contribution is 1.28. The Kier molecular flexibility index (Phi) is 6.77. The molecule has 1 heterocycles. The number of pyridine rings is 1. The summed E-state index contributed by atoms with van der Waals surface area (Å²) in [5, 5.41) is 0.688. The van der Waals surface area contributed by atoms with Crippen molar-refractivity contribution in [1.82, 2.24) is 4.98 Å². The fraction of sp³-hybridized carbons (Fsp3) is 0.250. The van der Waals surface area contributed by atoms with Gasteiger partial charge in [-0.1, -0.05) is 44.2 Å². The summed E-state index contributed by atoms with van der Waals surface area (Å²) in [7, 11) is 0. The van der Waals surface area contributed by atoms with Crippen molar-refractivity contribution in [2.45, 2.75) is 20.8 Å². The summed E-state index contributed by atoms with van der Waals surface area (Å²) in [4.78, 5) is 4.16. The lowest BCUT2D eigenvalue weighted by atomic mass is 10.2. The molecule has 0 saturated carbocycles. The zero-order valence-corrected chi connectivity index (χ0v) is 9.67. The van der Waals surface area contributed by atoms with Crippen LogP contribution in [0.15, 0.2) is 24.9 Å². The van der Waals surface area contributed by atoms with Crippen LogP contribution < -0.4 is 0 Å². The Hall–Kier alpha value is -1.08. The molecule has 0 unspecified atom stereocenters. The molecule has 0 radical (unpaired) electrons. The Labute approximate surface area is 91.1 Å². The molecular formula is C12H16ClN. The second-order valence-electron chi connectivity index (χ2n) is 2.30. The van der Waals surface area contributed by atoms with E-state index < -0.39 is 0 Å². The SMILES string of the molecule is C=Cc1c(Cl)ccnc1/C=C\C.CC. The van der Waals surface area contributed by atoms with E-state index in [9.17, 15) is 0 Å². The molecule has 0 aliphatic heterocycles. The molecule has 0 bridgehead atoms. The maximum atomic E-state index is 5.92. The van der Waals surface area contributed by atoms with Crippen LogP contribution in [0.3, 0.4) is 0 Å². The topological polar surface area (TPSA) is 12.9 Å². The molecule has 1 aromatic heterocycles. The molecule has 0 amide bonds. The van der Waals surface area contributed by atoms with Crippen molar-refractivity contribution < 1.29 is 0 Å². The first-order chi connectivity index (χ1) is 6.79. The second-order valence-corrected chi connectivity index (χ2v) is 2.70. The van der Waals surface area contributed by atoms with E-state index in [1.54, 1.807) is 18.3 Å². The molecule has 76 valence electrons. The number of rotatable bonds is 2. The summed E-state index contributed by atoms with van der Waals surface area (Å²) in [5.41, 5.74) is 1.75. The maximum absolute atomic E-state index is 5.92. The van der Waals surface area contributed by atoms with Crippen LogP contribution in [0, 0.1) is 0 Å². The number of hydrogen-bond acceptors (Lipinski definition) is 1. The molecule has 2 heteroatoms. The Morgan fingerprint density at radius 2 is 2.07 bits per heavy atom. The fourth-order valence-electron chi connectivity index (χ4n) is 0.957. The van der Waals surface area contributed by atoms with E-state index in [0.29, 0.717) is 5.02 Å². The maximum Gasteiger partial charge on any atom is 0.0713 e. The summed E-state index contributed by atoms with van der Waals surface area (Å²) in [6.07, 6.45) is 7.23. The van der Waals surface area contributed by atoms with Gasteiger partial charge >= 0.3 is 0 Å². The highest BCUT2D eigenvalue weighted by atomic mass is 35.5. The lowest BCUT2D eigenvalue weighted by Gasteiger charge is -2.00. The third kappa shape index (κ3) is 3.35. The highest BCUT2D eigenvalue weighted by molar-refractivity contribution is 6.32. The van der Waals surface area contributed by atoms with Crippen molar-refractivity contribution >= 4 is 23.8 Å². The first-order valence-corrected chi connectivity index (χ1v) is 5.07. The Balaban J connectivity index is 0.000000791. The highest BCUT2D eigenvalue weighted by Crippen LogP contribution is 2.19. The third-order valence-electron chi connectivity index (χ3n) is 1.50. The first kappa shape index (κ1) is 12.9. The highest BCUT2D eigenvalue weighted by Gasteiger charge is 2.00. The van der Waals surface area contributed by atoms with Gasteiger partial charge in [-0.15, -0.1) is 0 Å². The largest absolute Gasteiger partial charge is 0.256 e. The smallest absolute Gasteiger partial charge is 0.0713 e. The minimum Gasteiger partial charge on any atom is -0.256 e. The summed E-state index contributed by atoms with van der Waals surface area (Å²) >= 11 is 5.92. The predicted molar refractivity (Wildman–Crippen MR) is 65.4 cm³/mol. The van der Waals surface area contributed by atoms with E-state index in [1.165, 1.54) is 0 Å². The Morgan fingerprint density at radius 3 is 2.57 bits per heavy atom. The van der Waals surface area contributed by atoms with Gasteiger partial charge in [-0.2, -0.15) is 0 Å². The number of hydrogen-bond donors (Lipinski definition) is 0. The van der Waals surface area contributed by atoms with Crippen molar-refractivity contribution in [2.75, 3.05) is 0 Å². The van der Waals surface area contributed by atoms with E-state index in [1.807, 2.05) is 32.9 Å². The van der Waals surface area contributed by atoms with Crippen LogP contribution in [0.5, 0.6) is 0 Å². The van der Waals surface area contributed by atoms with Crippen LogP contribution >= 0.6 is 11.6 Å². The first-order valence-electron chi connectivity index (χ1n) is 4.69. The van der Waals surface area contributed by atoms with E-state index >= 15 is 0 Å². The third-order valence-corrected chi connectivity index (χ3v) is 1.83. The van der Waals surface area contributed by atoms with Crippen molar-refractivity contribution in [1.29, 1.82) is 0 Å². The van der Waals surface area contributed by atoms with E-state index in [0.717, 1.165) is 11.3 Å². The Morgan fingerprint density at radius 1 is 1.43 bits per heavy atom. The standard InChI is InChI=1S/C10H10ClN.C2H6/c1-3-5-10-8(4-2)9(11)6-7-12-10;1-2/h3-7H,2H2,1H3;1-2H3/b5-3-;. The molecule has 0 saturated heterocycles. The average molecular weight is 210 g/mol. The van der Waals surface area contributed by atoms with Gasteiger partial charge in [0.2, 0.25) is 0 Å². The van der Waals surface area contributed by atoms with E-state index in [4.69, 9.17) is 11.6 Å². The van der Waals surface area contributed by atoms with Crippen LogP contribution in [-0.2, 0) is 0 Å². The van der Waals surface area contributed by atoms with Gasteiger partial charge < -0.3 is 0 Å². The molecular weight excluding hydrogens is 194 g/mol. The van der Waals surface area contributed by atoms with Crippen molar-refractivity contribution in [3.8, 4) is 0 Å². The molecule has 1 nitrogen and oxygen atoms in total. The molecule has 0 N–H and O–H groups in total. The van der Waals surface area contributed by atoms with Gasteiger partial charge in [0.15, 0.2) is 0 Å². The lowest BCUT2D eigenvalue weighted by Crippen LogP contribution is -1.86. The zero-order valence-electron chi connectivity index (χ0n) is 8.92. The van der Waals surface area contributed by atoms with Crippen LogP contribution in [0.25, 0.3) is 12.2 Å². The Bertz CT molecular complexity index is 316. The number of aromatic nitrogens is 1. The van der Waals surface area contributed by atoms with Crippen molar-refractivity contribution in [3.63, 3.8) is 0 Å². The number of halogens is 1. The van der Waals surface area contributed by atoms with Gasteiger partial charge in [0.1, 0.15) is 0 Å². The normalized spacial score (nSPS) is 9.43. The quantitative estimate of drug-likeness (QED) is 0.702. The summed E-state index contributed by atoms with van der Waals surface area (Å²) < 4.78 is 0. The van der Waals surface area contributed by atoms with Crippen LogP contribution in [0.1, 0.15) is 32.0 Å². The van der Waals surface area contributed by atoms with Gasteiger partial charge in [-0.25, -0.2) is 0 Å². The average Bonchev–Trinajstić information content (AvgIpc) is 2.22. The molecule has 14 heavy (non-hydrogen) atoms. The van der Waals surface area contributed by atoms with Gasteiger partial charge in [-0.3, -0.25) is 4.98 Å². The minimum atomic E-state index is 0.688. The predicted octanol–water partition coefficient (Wildman–Crippen LogP) is 4.44. The summed E-state index contributed by atoms with van der Waals surface area (Å²) in [6.45, 7) is 9.62. The van der Waals surface area contributed by atoms with Crippen LogP contribution in [-0.4, -0.2) is 4.98 Å². The van der Waals surface area contributed by atoms with Gasteiger partial charge in [-0.05, 0) is 19.1 Å². The summed E-state index contributed by atoms with van der Waals surface area (Å²) in [6, 6.07) is 1.76. The number of allylic oxidation sites excluding steroid dienone is 1. The van der Waals surface area contributed by atoms with Crippen LogP contribution in [0.2, 0.25) is 5.02 Å². The molecule has 0 atom stereocenters. The zero-order chi connectivity index (χ0) is 11.0. The monoisotopic (exact) mass is 209 g/mol. The van der Waals surface area contributed by atoms with Crippen LogP contribution in [0.4, 0.5) is 0 Å². The molecule has 0 fully saturated rings. The molecule has 0 aliphatic rings. The van der Waals surface area contributed by atoms with Crippen molar-refractivity contribution in [3.05, 3.63) is 41.2 Å². The second kappa shape index (κ2) is 7.34. The van der Waals surface area contributed by atoms with Gasteiger partial charge in [0, 0.05) is 11.8 Å². The molecule has 1 aromatic rings. The van der Waals surface area contributed by atoms with E-state index in [2.05, 4.69) is 11.6 Å². The minimum absolute atomic E-state index is 0.688. The molecule has 0 aromatic carbocycles. The molecule has 0 spiro atoms. The van der Waals surface area contributed by atoms with Gasteiger partial charge in [0.05, 0.1) is 10.7 Å².